The molecule has 0 aliphatic rings. The predicted octanol–water partition coefficient (Wildman–Crippen LogP) is 1.14. The topological polar surface area (TPSA) is 34.1 Å². The van der Waals surface area contributed by atoms with E-state index in [-0.39, 0.29) is 6.61 Å². The first-order valence-corrected chi connectivity index (χ1v) is 3.58. The molecular formula is C9H10N2O. The minimum absolute atomic E-state index is 0.250. The van der Waals surface area contributed by atoms with Gasteiger partial charge >= 0.3 is 0 Å². The number of nitrogens with one attached hydrogen (secondary N) is 1. The van der Waals surface area contributed by atoms with E-state index < -0.39 is 0 Å². The summed E-state index contributed by atoms with van der Waals surface area (Å²) in [5.41, 5.74) is 0. The summed E-state index contributed by atoms with van der Waals surface area (Å²) in [6.07, 6.45) is 5.03. The van der Waals surface area contributed by atoms with Crippen LogP contribution in [0.3, 0.4) is 0 Å². The minimum Gasteiger partial charge on any atom is -0.464 e. The Balaban J connectivity index is 2.67. The van der Waals surface area contributed by atoms with Gasteiger partial charge in [-0.3, -0.25) is 0 Å². The maximum Gasteiger partial charge on any atom is 0.216 e. The zero-order valence-corrected chi connectivity index (χ0v) is 6.87. The van der Waals surface area contributed by atoms with Crippen LogP contribution in [0.4, 0.5) is 5.82 Å². The summed E-state index contributed by atoms with van der Waals surface area (Å²) in [5, 5.41) is 2.90. The van der Waals surface area contributed by atoms with E-state index in [1.807, 2.05) is 12.1 Å². The smallest absolute Gasteiger partial charge is 0.216 e. The van der Waals surface area contributed by atoms with Crippen molar-refractivity contribution >= 4 is 5.82 Å². The lowest BCUT2D eigenvalue weighted by Gasteiger charge is -2.02. The second kappa shape index (κ2) is 4.24. The third kappa shape index (κ3) is 2.17. The third-order valence-electron chi connectivity index (χ3n) is 1.28. The molecule has 0 atom stereocenters. The number of terminal acetylenes is 1. The molecule has 0 radical (unpaired) electrons. The molecule has 1 aromatic rings. The van der Waals surface area contributed by atoms with E-state index in [1.54, 1.807) is 13.1 Å². The highest BCUT2D eigenvalue weighted by molar-refractivity contribution is 5.36. The second-order valence-corrected chi connectivity index (χ2v) is 2.10. The summed E-state index contributed by atoms with van der Waals surface area (Å²) in [5.74, 6) is 3.68. The highest BCUT2D eigenvalue weighted by atomic mass is 16.5. The summed E-state index contributed by atoms with van der Waals surface area (Å²) in [6, 6.07) is 5.46. The standard InChI is InChI=1S/C9H10N2O/c1-3-7-12-9-6-4-5-8(10-2)11-9/h1,4-6H,7H2,2H3,(H,10,11). The van der Waals surface area contributed by atoms with Crippen LogP contribution in [0, 0.1) is 12.3 Å². The molecule has 0 saturated carbocycles. The zero-order valence-electron chi connectivity index (χ0n) is 6.87. The average Bonchev–Trinajstić information content (AvgIpc) is 2.15. The van der Waals surface area contributed by atoms with Gasteiger partial charge < -0.3 is 10.1 Å². The molecule has 1 aromatic heterocycles. The van der Waals surface area contributed by atoms with Gasteiger partial charge in [0.2, 0.25) is 5.88 Å². The maximum atomic E-state index is 5.11. The van der Waals surface area contributed by atoms with Crippen LogP contribution in [0.2, 0.25) is 0 Å². The van der Waals surface area contributed by atoms with Crippen LogP contribution in [0.25, 0.3) is 0 Å². The van der Waals surface area contributed by atoms with Crippen LogP contribution in [-0.2, 0) is 0 Å². The summed E-state index contributed by atoms with van der Waals surface area (Å²) >= 11 is 0. The molecule has 0 aliphatic heterocycles. The van der Waals surface area contributed by atoms with Crippen molar-refractivity contribution in [2.24, 2.45) is 0 Å². The minimum atomic E-state index is 0.250. The van der Waals surface area contributed by atoms with Crippen LogP contribution in [0.1, 0.15) is 0 Å². The Morgan fingerprint density at radius 2 is 2.50 bits per heavy atom. The number of pyridine rings is 1. The third-order valence-corrected chi connectivity index (χ3v) is 1.28. The molecule has 0 fully saturated rings. The van der Waals surface area contributed by atoms with Crippen LogP contribution in [-0.4, -0.2) is 18.6 Å². The van der Waals surface area contributed by atoms with E-state index in [2.05, 4.69) is 16.2 Å². The fourth-order valence-electron chi connectivity index (χ4n) is 0.750. The Labute approximate surface area is 71.8 Å². The second-order valence-electron chi connectivity index (χ2n) is 2.10. The van der Waals surface area contributed by atoms with E-state index >= 15 is 0 Å². The van der Waals surface area contributed by atoms with Gasteiger partial charge in [0.15, 0.2) is 6.61 Å². The Morgan fingerprint density at radius 3 is 3.17 bits per heavy atom. The van der Waals surface area contributed by atoms with Crippen molar-refractivity contribution in [3.63, 3.8) is 0 Å². The van der Waals surface area contributed by atoms with Gasteiger partial charge in [-0.1, -0.05) is 12.0 Å². The molecule has 0 spiro atoms. The summed E-state index contributed by atoms with van der Waals surface area (Å²) in [6.45, 7) is 0.250. The molecule has 1 heterocycles. The first kappa shape index (κ1) is 8.41. The van der Waals surface area contributed by atoms with Gasteiger partial charge in [-0.15, -0.1) is 6.42 Å². The Kier molecular flexibility index (Phi) is 2.97. The normalized spacial score (nSPS) is 8.67. The molecule has 0 amide bonds. The number of ether oxygens (including phenoxy) is 1. The van der Waals surface area contributed by atoms with Crippen LogP contribution in [0.5, 0.6) is 5.88 Å². The molecule has 12 heavy (non-hydrogen) atoms. The van der Waals surface area contributed by atoms with E-state index in [9.17, 15) is 0 Å². The number of hydrogen-bond donors (Lipinski definition) is 1. The van der Waals surface area contributed by atoms with Gasteiger partial charge in [0.05, 0.1) is 0 Å². The van der Waals surface area contributed by atoms with E-state index in [0.29, 0.717) is 5.88 Å². The van der Waals surface area contributed by atoms with Gasteiger partial charge in [-0.25, -0.2) is 0 Å². The van der Waals surface area contributed by atoms with Crippen molar-refractivity contribution in [1.29, 1.82) is 0 Å². The largest absolute Gasteiger partial charge is 0.464 e. The lowest BCUT2D eigenvalue weighted by atomic mass is 10.4. The Hall–Kier alpha value is -1.69. The fraction of sp³-hybridized carbons (Fsp3) is 0.222. The van der Waals surface area contributed by atoms with E-state index in [0.717, 1.165) is 5.82 Å². The molecule has 3 nitrogen and oxygen atoms in total. The lowest BCUT2D eigenvalue weighted by Crippen LogP contribution is -1.98. The SMILES string of the molecule is C#CCOc1cccc(NC)n1. The molecule has 0 saturated heterocycles. The van der Waals surface area contributed by atoms with Crippen molar-refractivity contribution in [2.45, 2.75) is 0 Å². The predicted molar refractivity (Wildman–Crippen MR) is 48.1 cm³/mol. The summed E-state index contributed by atoms with van der Waals surface area (Å²) in [7, 11) is 1.80. The van der Waals surface area contributed by atoms with Crippen molar-refractivity contribution in [3.8, 4) is 18.2 Å². The van der Waals surface area contributed by atoms with E-state index in [1.165, 1.54) is 0 Å². The summed E-state index contributed by atoms with van der Waals surface area (Å²) in [4.78, 5) is 4.10. The molecule has 0 unspecified atom stereocenters. The molecule has 0 aromatic carbocycles. The molecule has 0 aliphatic carbocycles. The van der Waals surface area contributed by atoms with E-state index in [4.69, 9.17) is 11.2 Å². The van der Waals surface area contributed by atoms with Crippen LogP contribution < -0.4 is 10.1 Å². The Morgan fingerprint density at radius 1 is 1.67 bits per heavy atom. The van der Waals surface area contributed by atoms with Gasteiger partial charge in [0, 0.05) is 13.1 Å². The van der Waals surface area contributed by atoms with Gasteiger partial charge in [-0.2, -0.15) is 4.98 Å². The van der Waals surface area contributed by atoms with Crippen molar-refractivity contribution in [2.75, 3.05) is 19.0 Å². The zero-order chi connectivity index (χ0) is 8.81. The molecule has 62 valence electrons. The highest BCUT2D eigenvalue weighted by Gasteiger charge is 1.94. The van der Waals surface area contributed by atoms with Crippen LogP contribution in [0.15, 0.2) is 18.2 Å². The monoisotopic (exact) mass is 162 g/mol. The summed E-state index contributed by atoms with van der Waals surface area (Å²) < 4.78 is 5.11. The first-order chi connectivity index (χ1) is 5.86. The molecule has 3 heteroatoms. The van der Waals surface area contributed by atoms with Gasteiger partial charge in [-0.05, 0) is 6.07 Å². The number of nitrogens with zero attached hydrogens (tertiary/aromatic N) is 1. The lowest BCUT2D eigenvalue weighted by molar-refractivity contribution is 0.356. The van der Waals surface area contributed by atoms with Gasteiger partial charge in [0.25, 0.3) is 0 Å². The molecular weight excluding hydrogens is 152 g/mol. The Bertz CT molecular complexity index is 291. The average molecular weight is 162 g/mol. The molecule has 1 N–H and O–H groups in total. The fourth-order valence-corrected chi connectivity index (χ4v) is 0.750. The van der Waals surface area contributed by atoms with Crippen molar-refractivity contribution in [1.82, 2.24) is 4.98 Å². The number of anilines is 1. The maximum absolute atomic E-state index is 5.11. The molecule has 0 bridgehead atoms. The first-order valence-electron chi connectivity index (χ1n) is 3.58. The quantitative estimate of drug-likeness (QED) is 0.676. The highest BCUT2D eigenvalue weighted by Crippen LogP contribution is 2.09. The molecule has 1 rings (SSSR count). The van der Waals surface area contributed by atoms with Crippen molar-refractivity contribution < 1.29 is 4.74 Å². The van der Waals surface area contributed by atoms with Gasteiger partial charge in [0.1, 0.15) is 5.82 Å². The number of hydrogen-bond acceptors (Lipinski definition) is 3. The number of aromatic nitrogens is 1. The van der Waals surface area contributed by atoms with Crippen LogP contribution >= 0.6 is 0 Å². The number of rotatable bonds is 3. The van der Waals surface area contributed by atoms with Crippen molar-refractivity contribution in [3.05, 3.63) is 18.2 Å².